The first-order valence-corrected chi connectivity index (χ1v) is 8.70. The molecule has 0 amide bonds. The number of aryl methyl sites for hydroxylation is 1. The molecule has 3 aromatic rings. The van der Waals surface area contributed by atoms with Gasteiger partial charge in [-0.05, 0) is 32.6 Å². The zero-order valence-corrected chi connectivity index (χ0v) is 14.8. The van der Waals surface area contributed by atoms with Crippen LogP contribution in [0.5, 0.6) is 5.75 Å². The molecule has 0 fully saturated rings. The SMILES string of the molecule is CCc1ncsc1-c1nc(-c2ccccc2OCCN(C)C)no1. The molecule has 0 saturated heterocycles. The Hall–Kier alpha value is -2.25. The number of para-hydroxylation sites is 1. The second kappa shape index (κ2) is 7.55. The van der Waals surface area contributed by atoms with Crippen molar-refractivity contribution < 1.29 is 9.26 Å². The lowest BCUT2D eigenvalue weighted by Gasteiger charge is -2.12. The zero-order chi connectivity index (χ0) is 16.9. The summed E-state index contributed by atoms with van der Waals surface area (Å²) < 4.78 is 11.3. The number of aromatic nitrogens is 3. The number of thiazole rings is 1. The summed E-state index contributed by atoms with van der Waals surface area (Å²) in [6, 6.07) is 7.74. The molecule has 0 bridgehead atoms. The van der Waals surface area contributed by atoms with Crippen LogP contribution in [0.3, 0.4) is 0 Å². The van der Waals surface area contributed by atoms with Gasteiger partial charge >= 0.3 is 0 Å². The quantitative estimate of drug-likeness (QED) is 0.655. The smallest absolute Gasteiger partial charge is 0.270 e. The molecule has 0 saturated carbocycles. The van der Waals surface area contributed by atoms with Gasteiger partial charge in [0, 0.05) is 6.54 Å². The second-order valence-corrected chi connectivity index (χ2v) is 6.41. The highest BCUT2D eigenvalue weighted by Gasteiger charge is 2.17. The van der Waals surface area contributed by atoms with Gasteiger partial charge in [-0.1, -0.05) is 24.2 Å². The fourth-order valence-electron chi connectivity index (χ4n) is 2.24. The van der Waals surface area contributed by atoms with Crippen LogP contribution in [0.1, 0.15) is 12.6 Å². The number of likely N-dealkylation sites (N-methyl/N-ethyl adjacent to an activating group) is 1. The van der Waals surface area contributed by atoms with Crippen LogP contribution < -0.4 is 4.74 Å². The minimum Gasteiger partial charge on any atom is -0.491 e. The molecule has 1 aromatic carbocycles. The van der Waals surface area contributed by atoms with E-state index in [0.29, 0.717) is 18.3 Å². The Morgan fingerprint density at radius 2 is 2.08 bits per heavy atom. The maximum atomic E-state index is 5.87. The molecular weight excluding hydrogens is 324 g/mol. The third-order valence-electron chi connectivity index (χ3n) is 3.52. The molecule has 0 unspecified atom stereocenters. The molecule has 2 aromatic heterocycles. The number of benzene rings is 1. The highest BCUT2D eigenvalue weighted by molar-refractivity contribution is 7.13. The maximum absolute atomic E-state index is 5.87. The highest BCUT2D eigenvalue weighted by atomic mass is 32.1. The minimum absolute atomic E-state index is 0.507. The number of rotatable bonds is 7. The van der Waals surface area contributed by atoms with Crippen molar-refractivity contribution in [1.29, 1.82) is 0 Å². The van der Waals surface area contributed by atoms with E-state index < -0.39 is 0 Å². The Morgan fingerprint density at radius 1 is 1.25 bits per heavy atom. The third kappa shape index (κ3) is 3.63. The number of nitrogens with zero attached hydrogens (tertiary/aromatic N) is 4. The number of hydrogen-bond acceptors (Lipinski definition) is 7. The average Bonchev–Trinajstić information content (AvgIpc) is 3.23. The van der Waals surface area contributed by atoms with Crippen LogP contribution in [0.2, 0.25) is 0 Å². The van der Waals surface area contributed by atoms with Gasteiger partial charge in [0.05, 0.1) is 16.8 Å². The molecule has 0 aliphatic heterocycles. The molecule has 0 aliphatic carbocycles. The molecule has 0 atom stereocenters. The van der Waals surface area contributed by atoms with E-state index in [1.165, 1.54) is 11.3 Å². The van der Waals surface area contributed by atoms with Gasteiger partial charge in [-0.2, -0.15) is 4.98 Å². The van der Waals surface area contributed by atoms with E-state index in [-0.39, 0.29) is 0 Å². The molecule has 6 nitrogen and oxygen atoms in total. The summed E-state index contributed by atoms with van der Waals surface area (Å²) in [6.45, 7) is 3.50. The van der Waals surface area contributed by atoms with Crippen molar-refractivity contribution in [3.63, 3.8) is 0 Å². The maximum Gasteiger partial charge on any atom is 0.270 e. The Kier molecular flexibility index (Phi) is 5.22. The van der Waals surface area contributed by atoms with E-state index in [1.54, 1.807) is 5.51 Å². The summed E-state index contributed by atoms with van der Waals surface area (Å²) in [7, 11) is 4.03. The Labute approximate surface area is 145 Å². The first-order valence-electron chi connectivity index (χ1n) is 7.82. The first kappa shape index (κ1) is 16.6. The van der Waals surface area contributed by atoms with Crippen LogP contribution >= 0.6 is 11.3 Å². The van der Waals surface area contributed by atoms with Gasteiger partial charge in [0.25, 0.3) is 5.89 Å². The molecule has 24 heavy (non-hydrogen) atoms. The second-order valence-electron chi connectivity index (χ2n) is 5.55. The standard InChI is InChI=1S/C17H20N4O2S/c1-4-13-15(24-11-18-13)17-19-16(20-23-17)12-7-5-6-8-14(12)22-10-9-21(2)3/h5-8,11H,4,9-10H2,1-3H3. The van der Waals surface area contributed by atoms with Crippen molar-refractivity contribution in [1.82, 2.24) is 20.0 Å². The van der Waals surface area contributed by atoms with Crippen molar-refractivity contribution in [3.05, 3.63) is 35.5 Å². The fraction of sp³-hybridized carbons (Fsp3) is 0.353. The molecule has 126 valence electrons. The predicted octanol–water partition coefficient (Wildman–Crippen LogP) is 3.36. The number of ether oxygens (including phenoxy) is 1. The average molecular weight is 344 g/mol. The van der Waals surface area contributed by atoms with Gasteiger partial charge in [0.2, 0.25) is 5.82 Å². The minimum atomic E-state index is 0.507. The van der Waals surface area contributed by atoms with E-state index in [1.807, 2.05) is 38.4 Å². The van der Waals surface area contributed by atoms with Crippen LogP contribution in [0.15, 0.2) is 34.3 Å². The van der Waals surface area contributed by atoms with Gasteiger partial charge in [-0.15, -0.1) is 11.3 Å². The van der Waals surface area contributed by atoms with Gasteiger partial charge in [0.1, 0.15) is 17.2 Å². The Bertz CT molecular complexity index is 797. The Balaban J connectivity index is 1.85. The third-order valence-corrected chi connectivity index (χ3v) is 4.38. The van der Waals surface area contributed by atoms with Crippen molar-refractivity contribution in [2.24, 2.45) is 0 Å². The monoisotopic (exact) mass is 344 g/mol. The fourth-order valence-corrected chi connectivity index (χ4v) is 3.04. The van der Waals surface area contributed by atoms with Gasteiger partial charge < -0.3 is 14.2 Å². The van der Waals surface area contributed by atoms with Gasteiger partial charge in [-0.3, -0.25) is 0 Å². The Morgan fingerprint density at radius 3 is 2.88 bits per heavy atom. The van der Waals surface area contributed by atoms with Gasteiger partial charge in [0.15, 0.2) is 0 Å². The molecule has 0 radical (unpaired) electrons. The number of hydrogen-bond donors (Lipinski definition) is 0. The van der Waals surface area contributed by atoms with Crippen molar-refractivity contribution in [3.8, 4) is 27.9 Å². The lowest BCUT2D eigenvalue weighted by molar-refractivity contribution is 0.262. The van der Waals surface area contributed by atoms with Crippen molar-refractivity contribution in [2.45, 2.75) is 13.3 Å². The van der Waals surface area contributed by atoms with E-state index >= 15 is 0 Å². The van der Waals surface area contributed by atoms with E-state index in [0.717, 1.165) is 34.8 Å². The molecular formula is C17H20N4O2S. The predicted molar refractivity (Wildman–Crippen MR) is 94.3 cm³/mol. The lowest BCUT2D eigenvalue weighted by atomic mass is 10.2. The van der Waals surface area contributed by atoms with Crippen molar-refractivity contribution in [2.75, 3.05) is 27.2 Å². The highest BCUT2D eigenvalue weighted by Crippen LogP contribution is 2.32. The first-order chi connectivity index (χ1) is 11.7. The summed E-state index contributed by atoms with van der Waals surface area (Å²) in [6.07, 6.45) is 0.834. The summed E-state index contributed by atoms with van der Waals surface area (Å²) in [5, 5.41) is 4.12. The summed E-state index contributed by atoms with van der Waals surface area (Å²) in [4.78, 5) is 11.9. The molecule has 0 N–H and O–H groups in total. The van der Waals surface area contributed by atoms with E-state index in [9.17, 15) is 0 Å². The van der Waals surface area contributed by atoms with Crippen LogP contribution in [0, 0.1) is 0 Å². The van der Waals surface area contributed by atoms with Crippen LogP contribution in [0.25, 0.3) is 22.2 Å². The molecule has 3 rings (SSSR count). The summed E-state index contributed by atoms with van der Waals surface area (Å²) >= 11 is 1.51. The van der Waals surface area contributed by atoms with E-state index in [2.05, 4.69) is 26.9 Å². The topological polar surface area (TPSA) is 64.3 Å². The van der Waals surface area contributed by atoms with E-state index in [4.69, 9.17) is 9.26 Å². The normalized spacial score (nSPS) is 11.2. The summed E-state index contributed by atoms with van der Waals surface area (Å²) in [5.41, 5.74) is 3.61. The van der Waals surface area contributed by atoms with Crippen LogP contribution in [0.4, 0.5) is 0 Å². The lowest BCUT2D eigenvalue weighted by Crippen LogP contribution is -2.19. The van der Waals surface area contributed by atoms with Crippen LogP contribution in [-0.2, 0) is 6.42 Å². The molecule has 2 heterocycles. The zero-order valence-electron chi connectivity index (χ0n) is 14.0. The summed E-state index contributed by atoms with van der Waals surface area (Å²) in [5.74, 6) is 1.79. The van der Waals surface area contributed by atoms with Crippen molar-refractivity contribution >= 4 is 11.3 Å². The molecule has 0 aliphatic rings. The van der Waals surface area contributed by atoms with Gasteiger partial charge in [-0.25, -0.2) is 4.98 Å². The van der Waals surface area contributed by atoms with Crippen LogP contribution in [-0.4, -0.2) is 47.3 Å². The largest absolute Gasteiger partial charge is 0.491 e. The molecule has 7 heteroatoms. The molecule has 0 spiro atoms.